The Labute approximate surface area is 72.3 Å². The zero-order chi connectivity index (χ0) is 9.28. The molecule has 0 aliphatic rings. The maximum Gasteiger partial charge on any atom is 0.192 e. The van der Waals surface area contributed by atoms with Crippen molar-refractivity contribution in [2.24, 2.45) is 5.92 Å². The summed E-state index contributed by atoms with van der Waals surface area (Å²) in [6, 6.07) is 0. The molecule has 0 spiro atoms. The highest BCUT2D eigenvalue weighted by molar-refractivity contribution is 6.74. The van der Waals surface area contributed by atoms with E-state index in [1.54, 1.807) is 0 Å². The van der Waals surface area contributed by atoms with E-state index in [4.69, 9.17) is 4.43 Å². The first-order valence-corrected chi connectivity index (χ1v) is 7.09. The monoisotopic (exact) mass is 173 g/mol. The molecule has 0 aromatic heterocycles. The zero-order valence-electron chi connectivity index (χ0n) is 8.69. The smallest absolute Gasteiger partial charge is 0.192 e. The number of rotatable bonds is 3. The average molecular weight is 173 g/mol. The standard InChI is InChI=1S/C9H21OSi/c1-8(2)9(3,4)11(6,7)10-5/h8H,5H2,1-4,6-7H3. The van der Waals surface area contributed by atoms with E-state index in [-0.39, 0.29) is 0 Å². The Morgan fingerprint density at radius 2 is 1.64 bits per heavy atom. The van der Waals surface area contributed by atoms with Crippen LogP contribution in [-0.4, -0.2) is 8.32 Å². The Balaban J connectivity index is 4.53. The molecular formula is C9H21OSi. The molecule has 11 heavy (non-hydrogen) atoms. The van der Waals surface area contributed by atoms with Crippen LogP contribution in [0, 0.1) is 13.0 Å². The summed E-state index contributed by atoms with van der Waals surface area (Å²) in [6.07, 6.45) is 0. The molecule has 1 nitrogen and oxygen atoms in total. The molecule has 0 N–H and O–H groups in total. The molecule has 0 rings (SSSR count). The van der Waals surface area contributed by atoms with Crippen molar-refractivity contribution in [1.29, 1.82) is 0 Å². The number of hydrogen-bond acceptors (Lipinski definition) is 1. The Morgan fingerprint density at radius 3 is 1.73 bits per heavy atom. The molecule has 0 bridgehead atoms. The van der Waals surface area contributed by atoms with E-state index in [0.717, 1.165) is 0 Å². The normalized spacial score (nSPS) is 14.2. The van der Waals surface area contributed by atoms with Gasteiger partial charge in [0.1, 0.15) is 0 Å². The molecule has 0 unspecified atom stereocenters. The molecule has 0 aliphatic heterocycles. The zero-order valence-corrected chi connectivity index (χ0v) is 9.69. The van der Waals surface area contributed by atoms with Gasteiger partial charge in [-0.2, -0.15) is 0 Å². The molecule has 0 aromatic rings. The van der Waals surface area contributed by atoms with Crippen LogP contribution in [0.4, 0.5) is 0 Å². The average Bonchev–Trinajstić information content (AvgIpc) is 1.87. The van der Waals surface area contributed by atoms with Crippen molar-refractivity contribution in [3.8, 4) is 0 Å². The molecule has 0 saturated carbocycles. The topological polar surface area (TPSA) is 9.23 Å². The van der Waals surface area contributed by atoms with Crippen LogP contribution in [0.15, 0.2) is 0 Å². The van der Waals surface area contributed by atoms with Crippen LogP contribution >= 0.6 is 0 Å². The molecule has 0 aliphatic carbocycles. The second-order valence-corrected chi connectivity index (χ2v) is 9.13. The minimum atomic E-state index is -1.58. The van der Waals surface area contributed by atoms with Crippen LogP contribution in [0.5, 0.6) is 0 Å². The van der Waals surface area contributed by atoms with Gasteiger partial charge < -0.3 is 4.43 Å². The maximum atomic E-state index is 5.35. The Hall–Kier alpha value is 0.177. The lowest BCUT2D eigenvalue weighted by Crippen LogP contribution is -2.43. The third kappa shape index (κ3) is 2.06. The van der Waals surface area contributed by atoms with Crippen LogP contribution in [0.25, 0.3) is 0 Å². The molecule has 67 valence electrons. The lowest BCUT2D eigenvalue weighted by atomic mass is 9.99. The summed E-state index contributed by atoms with van der Waals surface area (Å²) in [5, 5.41) is 0.300. The van der Waals surface area contributed by atoms with Crippen LogP contribution in [0.3, 0.4) is 0 Å². The summed E-state index contributed by atoms with van der Waals surface area (Å²) in [7, 11) is 1.99. The second-order valence-electron chi connectivity index (χ2n) is 4.53. The van der Waals surface area contributed by atoms with Crippen molar-refractivity contribution in [2.75, 3.05) is 0 Å². The largest absolute Gasteiger partial charge is 0.415 e. The van der Waals surface area contributed by atoms with Gasteiger partial charge in [0.15, 0.2) is 8.32 Å². The molecule has 0 amide bonds. The van der Waals surface area contributed by atoms with Gasteiger partial charge in [0.05, 0.1) is 7.11 Å². The van der Waals surface area contributed by atoms with Gasteiger partial charge in [0.25, 0.3) is 0 Å². The molecule has 0 atom stereocenters. The van der Waals surface area contributed by atoms with Gasteiger partial charge in [-0.25, -0.2) is 0 Å². The Morgan fingerprint density at radius 1 is 1.27 bits per heavy atom. The van der Waals surface area contributed by atoms with Gasteiger partial charge >= 0.3 is 0 Å². The van der Waals surface area contributed by atoms with Crippen molar-refractivity contribution in [3.05, 3.63) is 7.11 Å². The van der Waals surface area contributed by atoms with Crippen molar-refractivity contribution < 1.29 is 4.43 Å². The van der Waals surface area contributed by atoms with Crippen LogP contribution in [0.1, 0.15) is 27.7 Å². The van der Waals surface area contributed by atoms with E-state index in [2.05, 4.69) is 47.9 Å². The van der Waals surface area contributed by atoms with Crippen molar-refractivity contribution in [3.63, 3.8) is 0 Å². The Kier molecular flexibility index (Phi) is 3.33. The van der Waals surface area contributed by atoms with E-state index in [1.807, 2.05) is 0 Å². The minimum absolute atomic E-state index is 0.300. The fourth-order valence-corrected chi connectivity index (χ4v) is 2.64. The second kappa shape index (κ2) is 3.28. The molecule has 1 radical (unpaired) electrons. The SMILES string of the molecule is [CH2]O[Si](C)(C)C(C)(C)C(C)C. The van der Waals surface area contributed by atoms with E-state index in [9.17, 15) is 0 Å². The lowest BCUT2D eigenvalue weighted by molar-refractivity contribution is 0.360. The summed E-state index contributed by atoms with van der Waals surface area (Å²) in [6.45, 7) is 13.5. The first-order chi connectivity index (χ1) is 4.75. The molecule has 0 aromatic carbocycles. The van der Waals surface area contributed by atoms with Crippen LogP contribution in [-0.2, 0) is 4.43 Å². The van der Waals surface area contributed by atoms with Crippen molar-refractivity contribution in [1.82, 2.24) is 0 Å². The quantitative estimate of drug-likeness (QED) is 0.594. The Bertz CT molecular complexity index is 128. The third-order valence-electron chi connectivity index (χ3n) is 3.36. The molecule has 2 heteroatoms. The van der Waals surface area contributed by atoms with Gasteiger partial charge in [0, 0.05) is 0 Å². The summed E-state index contributed by atoms with van der Waals surface area (Å²) in [4.78, 5) is 0. The summed E-state index contributed by atoms with van der Waals surface area (Å²) >= 11 is 0. The van der Waals surface area contributed by atoms with Gasteiger partial charge in [0.2, 0.25) is 0 Å². The minimum Gasteiger partial charge on any atom is -0.415 e. The molecule has 0 saturated heterocycles. The summed E-state index contributed by atoms with van der Waals surface area (Å²) in [5.74, 6) is 0.658. The van der Waals surface area contributed by atoms with Gasteiger partial charge in [-0.1, -0.05) is 27.7 Å². The van der Waals surface area contributed by atoms with E-state index >= 15 is 0 Å². The van der Waals surface area contributed by atoms with E-state index in [1.165, 1.54) is 0 Å². The first-order valence-electron chi connectivity index (χ1n) is 4.19. The van der Waals surface area contributed by atoms with Gasteiger partial charge in [-0.3, -0.25) is 0 Å². The fraction of sp³-hybridized carbons (Fsp3) is 0.889. The van der Waals surface area contributed by atoms with Crippen molar-refractivity contribution >= 4 is 8.32 Å². The van der Waals surface area contributed by atoms with E-state index in [0.29, 0.717) is 11.0 Å². The highest BCUT2D eigenvalue weighted by Crippen LogP contribution is 2.44. The highest BCUT2D eigenvalue weighted by Gasteiger charge is 2.42. The van der Waals surface area contributed by atoms with Gasteiger partial charge in [-0.15, -0.1) is 0 Å². The number of hydrogen-bond donors (Lipinski definition) is 0. The first kappa shape index (κ1) is 11.2. The van der Waals surface area contributed by atoms with E-state index < -0.39 is 8.32 Å². The van der Waals surface area contributed by atoms with Crippen LogP contribution in [0.2, 0.25) is 18.1 Å². The summed E-state index contributed by atoms with van der Waals surface area (Å²) in [5.41, 5.74) is 0. The highest BCUT2D eigenvalue weighted by atomic mass is 28.4. The molecule has 0 heterocycles. The van der Waals surface area contributed by atoms with Gasteiger partial charge in [-0.05, 0) is 24.1 Å². The maximum absolute atomic E-state index is 5.35. The van der Waals surface area contributed by atoms with Crippen LogP contribution < -0.4 is 0 Å². The fourth-order valence-electron chi connectivity index (χ4n) is 0.881. The molecular weight excluding hydrogens is 152 g/mol. The summed E-state index contributed by atoms with van der Waals surface area (Å²) < 4.78 is 5.35. The predicted octanol–water partition coefficient (Wildman–Crippen LogP) is 3.44. The lowest BCUT2D eigenvalue weighted by Gasteiger charge is -2.41. The molecule has 0 fully saturated rings. The predicted molar refractivity (Wildman–Crippen MR) is 52.8 cm³/mol. The van der Waals surface area contributed by atoms with Crippen molar-refractivity contribution in [2.45, 2.75) is 45.8 Å². The third-order valence-corrected chi connectivity index (χ3v) is 7.76.